The van der Waals surface area contributed by atoms with Gasteiger partial charge in [0.2, 0.25) is 0 Å². The molecule has 17 heavy (non-hydrogen) atoms. The van der Waals surface area contributed by atoms with Crippen LogP contribution in [0.25, 0.3) is 10.9 Å². The number of benzene rings is 1. The Hall–Kier alpha value is -1.16. The quantitative estimate of drug-likeness (QED) is 0.757. The molecule has 0 atom stereocenters. The molecule has 1 fully saturated rings. The van der Waals surface area contributed by atoms with Crippen LogP contribution in [-0.2, 0) is 0 Å². The Morgan fingerprint density at radius 2 is 1.94 bits per heavy atom. The van der Waals surface area contributed by atoms with Crippen LogP contribution in [0, 0.1) is 0 Å². The number of anilines is 1. The molecule has 1 saturated heterocycles. The van der Waals surface area contributed by atoms with E-state index in [1.807, 2.05) is 18.3 Å². The number of hydrogen-bond acceptors (Lipinski definition) is 3. The molecule has 2 aromatic rings. The molecule has 88 valence electrons. The van der Waals surface area contributed by atoms with Gasteiger partial charge in [0.1, 0.15) is 0 Å². The number of aromatic nitrogens is 2. The number of nitrogens with zero attached hydrogens (tertiary/aromatic N) is 3. The van der Waals surface area contributed by atoms with E-state index in [0.717, 1.165) is 18.6 Å². The van der Waals surface area contributed by atoms with Crippen LogP contribution in [0.2, 0.25) is 0 Å². The number of rotatable bonds is 1. The van der Waals surface area contributed by atoms with Crippen molar-refractivity contribution in [1.82, 2.24) is 10.2 Å². The summed E-state index contributed by atoms with van der Waals surface area (Å²) in [6, 6.07) is 8.21. The SMILES string of the molecule is BrC1CCN(c2cnnc3ccccc23)CC1. The maximum atomic E-state index is 4.17. The minimum absolute atomic E-state index is 0.666. The minimum atomic E-state index is 0.666. The highest BCUT2D eigenvalue weighted by Gasteiger charge is 2.18. The number of halogens is 1. The van der Waals surface area contributed by atoms with E-state index in [1.165, 1.54) is 23.9 Å². The van der Waals surface area contributed by atoms with Gasteiger partial charge in [-0.25, -0.2) is 0 Å². The van der Waals surface area contributed by atoms with E-state index in [9.17, 15) is 0 Å². The summed E-state index contributed by atoms with van der Waals surface area (Å²) in [6.45, 7) is 2.18. The summed E-state index contributed by atoms with van der Waals surface area (Å²) >= 11 is 3.68. The average molecular weight is 292 g/mol. The van der Waals surface area contributed by atoms with Crippen LogP contribution in [0.15, 0.2) is 30.5 Å². The second-order valence-electron chi connectivity index (χ2n) is 4.41. The van der Waals surface area contributed by atoms with Crippen molar-refractivity contribution in [3.05, 3.63) is 30.5 Å². The molecular formula is C13H14BrN3. The summed E-state index contributed by atoms with van der Waals surface area (Å²) in [7, 11) is 0. The van der Waals surface area contributed by atoms with E-state index in [0.29, 0.717) is 4.83 Å². The van der Waals surface area contributed by atoms with Gasteiger partial charge in [-0.3, -0.25) is 0 Å². The van der Waals surface area contributed by atoms with Crippen LogP contribution in [0.3, 0.4) is 0 Å². The first kappa shape index (κ1) is 11.0. The zero-order valence-corrected chi connectivity index (χ0v) is 11.1. The van der Waals surface area contributed by atoms with Crippen molar-refractivity contribution in [2.75, 3.05) is 18.0 Å². The van der Waals surface area contributed by atoms with Crippen LogP contribution in [0.1, 0.15) is 12.8 Å². The molecule has 1 aromatic heterocycles. The van der Waals surface area contributed by atoms with Gasteiger partial charge in [0.15, 0.2) is 0 Å². The molecule has 3 rings (SSSR count). The van der Waals surface area contributed by atoms with Crippen LogP contribution >= 0.6 is 15.9 Å². The lowest BCUT2D eigenvalue weighted by molar-refractivity contribution is 0.598. The Labute approximate surface area is 109 Å². The molecule has 4 heteroatoms. The monoisotopic (exact) mass is 291 g/mol. The summed E-state index contributed by atoms with van der Waals surface area (Å²) in [5.41, 5.74) is 2.20. The Balaban J connectivity index is 2.00. The maximum Gasteiger partial charge on any atom is 0.0950 e. The Morgan fingerprint density at radius 3 is 2.76 bits per heavy atom. The highest BCUT2D eigenvalue weighted by molar-refractivity contribution is 9.09. The number of fused-ring (bicyclic) bond motifs is 1. The lowest BCUT2D eigenvalue weighted by atomic mass is 10.1. The topological polar surface area (TPSA) is 29.0 Å². The Morgan fingerprint density at radius 1 is 1.18 bits per heavy atom. The first-order valence-corrected chi connectivity index (χ1v) is 6.85. The van der Waals surface area contributed by atoms with Crippen molar-refractivity contribution in [2.45, 2.75) is 17.7 Å². The fourth-order valence-corrected chi connectivity index (χ4v) is 2.74. The predicted octanol–water partition coefficient (Wildman–Crippen LogP) is 2.99. The fraction of sp³-hybridized carbons (Fsp3) is 0.385. The van der Waals surface area contributed by atoms with E-state index in [4.69, 9.17) is 0 Å². The summed E-state index contributed by atoms with van der Waals surface area (Å²) in [4.78, 5) is 3.08. The standard InChI is InChI=1S/C13H14BrN3/c14-10-5-7-17(8-6-10)13-9-15-16-12-4-2-1-3-11(12)13/h1-4,9-10H,5-8H2. The van der Waals surface area contributed by atoms with Gasteiger partial charge < -0.3 is 4.90 Å². The lowest BCUT2D eigenvalue weighted by Crippen LogP contribution is -2.34. The molecule has 1 aromatic carbocycles. The number of alkyl halides is 1. The molecule has 0 N–H and O–H groups in total. The van der Waals surface area contributed by atoms with Crippen LogP contribution in [0.5, 0.6) is 0 Å². The van der Waals surface area contributed by atoms with Crippen LogP contribution in [-0.4, -0.2) is 28.1 Å². The van der Waals surface area contributed by atoms with Crippen molar-refractivity contribution in [3.63, 3.8) is 0 Å². The van der Waals surface area contributed by atoms with Gasteiger partial charge >= 0.3 is 0 Å². The van der Waals surface area contributed by atoms with Gasteiger partial charge in [-0.1, -0.05) is 34.1 Å². The summed E-state index contributed by atoms with van der Waals surface area (Å²) in [6.07, 6.45) is 4.27. The average Bonchev–Trinajstić information content (AvgIpc) is 2.39. The molecule has 1 aliphatic heterocycles. The van der Waals surface area contributed by atoms with Crippen LogP contribution < -0.4 is 4.90 Å². The minimum Gasteiger partial charge on any atom is -0.370 e. The molecule has 0 saturated carbocycles. The molecule has 0 bridgehead atoms. The molecule has 3 nitrogen and oxygen atoms in total. The van der Waals surface area contributed by atoms with Crippen molar-refractivity contribution in [2.24, 2.45) is 0 Å². The number of hydrogen-bond donors (Lipinski definition) is 0. The predicted molar refractivity (Wildman–Crippen MR) is 73.7 cm³/mol. The second kappa shape index (κ2) is 4.61. The zero-order valence-electron chi connectivity index (χ0n) is 9.51. The van der Waals surface area contributed by atoms with Gasteiger partial charge in [0, 0.05) is 23.3 Å². The van der Waals surface area contributed by atoms with Gasteiger partial charge in [0.05, 0.1) is 17.4 Å². The summed E-state index contributed by atoms with van der Waals surface area (Å²) < 4.78 is 0. The second-order valence-corrected chi connectivity index (χ2v) is 5.70. The Bertz CT molecular complexity index is 516. The first-order chi connectivity index (χ1) is 8.34. The zero-order chi connectivity index (χ0) is 11.7. The fourth-order valence-electron chi connectivity index (χ4n) is 2.33. The molecular weight excluding hydrogens is 278 g/mol. The van der Waals surface area contributed by atoms with Gasteiger partial charge in [0.25, 0.3) is 0 Å². The molecule has 0 unspecified atom stereocenters. The molecule has 0 aliphatic carbocycles. The van der Waals surface area contributed by atoms with Crippen molar-refractivity contribution >= 4 is 32.5 Å². The third-order valence-corrected chi connectivity index (χ3v) is 4.21. The smallest absolute Gasteiger partial charge is 0.0950 e. The van der Waals surface area contributed by atoms with Gasteiger partial charge in [-0.15, -0.1) is 0 Å². The lowest BCUT2D eigenvalue weighted by Gasteiger charge is -2.31. The maximum absolute atomic E-state index is 4.17. The van der Waals surface area contributed by atoms with Gasteiger partial charge in [-0.2, -0.15) is 10.2 Å². The van der Waals surface area contributed by atoms with E-state index < -0.39 is 0 Å². The van der Waals surface area contributed by atoms with E-state index in [1.54, 1.807) is 0 Å². The Kier molecular flexibility index (Phi) is 2.97. The van der Waals surface area contributed by atoms with Gasteiger partial charge in [-0.05, 0) is 18.9 Å². The molecule has 0 radical (unpaired) electrons. The highest BCUT2D eigenvalue weighted by Crippen LogP contribution is 2.28. The molecule has 0 amide bonds. The summed E-state index contributed by atoms with van der Waals surface area (Å²) in [5, 5.41) is 9.47. The van der Waals surface area contributed by atoms with Crippen molar-refractivity contribution in [3.8, 4) is 0 Å². The largest absolute Gasteiger partial charge is 0.370 e. The highest BCUT2D eigenvalue weighted by atomic mass is 79.9. The third kappa shape index (κ3) is 2.14. The molecule has 1 aliphatic rings. The van der Waals surface area contributed by atoms with Crippen molar-refractivity contribution < 1.29 is 0 Å². The number of piperidine rings is 1. The molecule has 0 spiro atoms. The van der Waals surface area contributed by atoms with E-state index in [2.05, 4.69) is 43.2 Å². The van der Waals surface area contributed by atoms with Crippen LogP contribution in [0.4, 0.5) is 5.69 Å². The van der Waals surface area contributed by atoms with Crippen molar-refractivity contribution in [1.29, 1.82) is 0 Å². The summed E-state index contributed by atoms with van der Waals surface area (Å²) in [5.74, 6) is 0. The van der Waals surface area contributed by atoms with E-state index >= 15 is 0 Å². The first-order valence-electron chi connectivity index (χ1n) is 5.94. The third-order valence-electron chi connectivity index (χ3n) is 3.29. The normalized spacial score (nSPS) is 17.6. The molecule has 2 heterocycles. The van der Waals surface area contributed by atoms with E-state index in [-0.39, 0.29) is 0 Å².